The minimum atomic E-state index is -0.957. The number of carbonyl (C=O) groups is 1. The summed E-state index contributed by atoms with van der Waals surface area (Å²) in [5.74, 6) is -1.51. The van der Waals surface area contributed by atoms with Crippen molar-refractivity contribution in [2.45, 2.75) is 11.9 Å². The van der Waals surface area contributed by atoms with Crippen LogP contribution in [0.25, 0.3) is 0 Å². The zero-order valence-corrected chi connectivity index (χ0v) is 10.4. The molecule has 1 rings (SSSR count). The SMILES string of the molecule is NCC(O)c1cc(O)c(O)c(CSCC(=O)O)c1. The molecule has 0 fully saturated rings. The van der Waals surface area contributed by atoms with E-state index in [4.69, 9.17) is 10.8 Å². The molecule has 6 nitrogen and oxygen atoms in total. The van der Waals surface area contributed by atoms with Gasteiger partial charge in [-0.15, -0.1) is 11.8 Å². The number of benzene rings is 1. The number of phenolic OH excluding ortho intramolecular Hbond substituents is 2. The van der Waals surface area contributed by atoms with E-state index >= 15 is 0 Å². The first-order valence-corrected chi connectivity index (χ1v) is 6.33. The van der Waals surface area contributed by atoms with Gasteiger partial charge in [0, 0.05) is 17.9 Å². The van der Waals surface area contributed by atoms with Gasteiger partial charge in [0.15, 0.2) is 11.5 Å². The van der Waals surface area contributed by atoms with Gasteiger partial charge in [0.1, 0.15) is 0 Å². The van der Waals surface area contributed by atoms with Crippen LogP contribution in [0.3, 0.4) is 0 Å². The van der Waals surface area contributed by atoms with Gasteiger partial charge in [-0.2, -0.15) is 0 Å². The summed E-state index contributed by atoms with van der Waals surface area (Å²) in [5, 5.41) is 37.2. The first-order valence-electron chi connectivity index (χ1n) is 5.18. The molecule has 0 aliphatic heterocycles. The highest BCUT2D eigenvalue weighted by Crippen LogP contribution is 2.34. The monoisotopic (exact) mass is 273 g/mol. The van der Waals surface area contributed by atoms with Crippen molar-refractivity contribution in [3.63, 3.8) is 0 Å². The van der Waals surface area contributed by atoms with E-state index in [1.807, 2.05) is 0 Å². The van der Waals surface area contributed by atoms with Gasteiger partial charge >= 0.3 is 5.97 Å². The predicted octanol–water partition coefficient (Wildman–Crippen LogP) is 0.408. The summed E-state index contributed by atoms with van der Waals surface area (Å²) in [4.78, 5) is 10.4. The van der Waals surface area contributed by atoms with Crippen molar-refractivity contribution in [1.29, 1.82) is 0 Å². The van der Waals surface area contributed by atoms with E-state index in [1.165, 1.54) is 12.1 Å². The van der Waals surface area contributed by atoms with Gasteiger partial charge in [0.2, 0.25) is 0 Å². The van der Waals surface area contributed by atoms with Gasteiger partial charge in [0.25, 0.3) is 0 Å². The first kappa shape index (κ1) is 14.6. The van der Waals surface area contributed by atoms with E-state index in [0.29, 0.717) is 11.1 Å². The molecule has 0 aromatic heterocycles. The summed E-state index contributed by atoms with van der Waals surface area (Å²) >= 11 is 1.08. The van der Waals surface area contributed by atoms with Crippen molar-refractivity contribution < 1.29 is 25.2 Å². The normalized spacial score (nSPS) is 12.3. The Morgan fingerprint density at radius 2 is 2.06 bits per heavy atom. The highest BCUT2D eigenvalue weighted by atomic mass is 32.2. The van der Waals surface area contributed by atoms with Crippen molar-refractivity contribution in [2.75, 3.05) is 12.3 Å². The fourth-order valence-corrected chi connectivity index (χ4v) is 2.11. The molecule has 18 heavy (non-hydrogen) atoms. The molecule has 0 saturated carbocycles. The number of nitrogens with two attached hydrogens (primary N) is 1. The molecule has 100 valence electrons. The standard InChI is InChI=1S/C11H15NO5S/c12-3-9(14)6-1-7(4-18-5-10(15)16)11(17)8(13)2-6/h1-2,9,13-14,17H,3-5,12H2,(H,15,16). The van der Waals surface area contributed by atoms with Gasteiger partial charge < -0.3 is 26.2 Å². The molecule has 1 aromatic carbocycles. The number of rotatable bonds is 6. The van der Waals surface area contributed by atoms with E-state index in [0.717, 1.165) is 11.8 Å². The summed E-state index contributed by atoms with van der Waals surface area (Å²) < 4.78 is 0. The molecule has 0 aliphatic rings. The Labute approximate surface area is 108 Å². The Morgan fingerprint density at radius 1 is 1.39 bits per heavy atom. The van der Waals surface area contributed by atoms with Crippen LogP contribution in [0, 0.1) is 0 Å². The average molecular weight is 273 g/mol. The molecule has 7 heteroatoms. The maximum absolute atomic E-state index is 10.4. The van der Waals surface area contributed by atoms with Gasteiger partial charge in [-0.25, -0.2) is 0 Å². The van der Waals surface area contributed by atoms with E-state index in [1.54, 1.807) is 0 Å². The third-order valence-corrected chi connectivity index (χ3v) is 3.25. The van der Waals surface area contributed by atoms with Crippen molar-refractivity contribution in [3.05, 3.63) is 23.3 Å². The lowest BCUT2D eigenvalue weighted by atomic mass is 10.1. The third-order valence-electron chi connectivity index (χ3n) is 2.28. The van der Waals surface area contributed by atoms with Crippen LogP contribution in [0.2, 0.25) is 0 Å². The fraction of sp³-hybridized carbons (Fsp3) is 0.364. The van der Waals surface area contributed by atoms with Crippen LogP contribution in [0.1, 0.15) is 17.2 Å². The molecule has 0 bridgehead atoms. The lowest BCUT2D eigenvalue weighted by Crippen LogP contribution is -2.11. The second kappa shape index (κ2) is 6.48. The zero-order chi connectivity index (χ0) is 13.7. The van der Waals surface area contributed by atoms with Crippen molar-refractivity contribution >= 4 is 17.7 Å². The Kier molecular flexibility index (Phi) is 5.26. The lowest BCUT2D eigenvalue weighted by Gasteiger charge is -2.12. The van der Waals surface area contributed by atoms with Crippen LogP contribution in [0.4, 0.5) is 0 Å². The molecule has 0 radical (unpaired) electrons. The molecular formula is C11H15NO5S. The number of aliphatic carboxylic acids is 1. The van der Waals surface area contributed by atoms with Gasteiger partial charge in [-0.3, -0.25) is 4.79 Å². The number of hydrogen-bond acceptors (Lipinski definition) is 6. The number of carboxylic acid groups (broad SMARTS) is 1. The molecule has 0 heterocycles. The first-order chi connectivity index (χ1) is 8.45. The number of hydrogen-bond donors (Lipinski definition) is 5. The van der Waals surface area contributed by atoms with Gasteiger partial charge in [-0.1, -0.05) is 0 Å². The van der Waals surface area contributed by atoms with Crippen LogP contribution in [0.15, 0.2) is 12.1 Å². The average Bonchev–Trinajstić information content (AvgIpc) is 2.32. The fourth-order valence-electron chi connectivity index (χ4n) is 1.39. The van der Waals surface area contributed by atoms with Crippen molar-refractivity contribution in [3.8, 4) is 11.5 Å². The zero-order valence-electron chi connectivity index (χ0n) is 9.54. The molecule has 1 aromatic rings. The minimum Gasteiger partial charge on any atom is -0.504 e. The summed E-state index contributed by atoms with van der Waals surface area (Å²) in [6, 6.07) is 2.74. The van der Waals surface area contributed by atoms with Crippen molar-refractivity contribution in [2.24, 2.45) is 5.73 Å². The number of aliphatic hydroxyl groups excluding tert-OH is 1. The Bertz CT molecular complexity index is 438. The van der Waals surface area contributed by atoms with Crippen LogP contribution >= 0.6 is 11.8 Å². The van der Waals surface area contributed by atoms with E-state index in [9.17, 15) is 20.1 Å². The van der Waals surface area contributed by atoms with E-state index in [-0.39, 0.29) is 29.5 Å². The summed E-state index contributed by atoms with van der Waals surface area (Å²) in [6.45, 7) is -0.00801. The van der Waals surface area contributed by atoms with Gasteiger partial charge in [-0.05, 0) is 17.7 Å². The Morgan fingerprint density at radius 3 is 2.61 bits per heavy atom. The topological polar surface area (TPSA) is 124 Å². The summed E-state index contributed by atoms with van der Waals surface area (Å²) in [5.41, 5.74) is 6.06. The molecule has 6 N–H and O–H groups in total. The van der Waals surface area contributed by atoms with Crippen LogP contribution in [0.5, 0.6) is 11.5 Å². The lowest BCUT2D eigenvalue weighted by molar-refractivity contribution is -0.133. The number of carboxylic acids is 1. The number of thioether (sulfide) groups is 1. The molecule has 0 saturated heterocycles. The second-order valence-electron chi connectivity index (χ2n) is 3.69. The number of aromatic hydroxyl groups is 2. The Hall–Kier alpha value is -1.44. The van der Waals surface area contributed by atoms with Crippen molar-refractivity contribution in [1.82, 2.24) is 0 Å². The minimum absolute atomic E-state index is 0.00801. The highest BCUT2D eigenvalue weighted by molar-refractivity contribution is 7.99. The smallest absolute Gasteiger partial charge is 0.313 e. The maximum Gasteiger partial charge on any atom is 0.313 e. The van der Waals surface area contributed by atoms with Crippen LogP contribution < -0.4 is 5.73 Å². The third kappa shape index (κ3) is 3.80. The highest BCUT2D eigenvalue weighted by Gasteiger charge is 2.14. The predicted molar refractivity (Wildman–Crippen MR) is 67.6 cm³/mol. The van der Waals surface area contributed by atoms with E-state index in [2.05, 4.69) is 0 Å². The maximum atomic E-state index is 10.4. The molecule has 0 aliphatic carbocycles. The number of phenols is 2. The molecule has 0 spiro atoms. The molecule has 1 unspecified atom stereocenters. The molecular weight excluding hydrogens is 258 g/mol. The number of aliphatic hydroxyl groups is 1. The molecule has 1 atom stereocenters. The van der Waals surface area contributed by atoms with Crippen LogP contribution in [-0.4, -0.2) is 38.7 Å². The summed E-state index contributed by atoms with van der Waals surface area (Å²) in [7, 11) is 0. The second-order valence-corrected chi connectivity index (χ2v) is 4.67. The van der Waals surface area contributed by atoms with Gasteiger partial charge in [0.05, 0.1) is 11.9 Å². The molecule has 0 amide bonds. The van der Waals surface area contributed by atoms with Crippen LogP contribution in [-0.2, 0) is 10.5 Å². The Balaban J connectivity index is 2.88. The summed E-state index contributed by atoms with van der Waals surface area (Å²) in [6.07, 6.45) is -0.931. The largest absolute Gasteiger partial charge is 0.504 e. The quantitative estimate of drug-likeness (QED) is 0.475. The van der Waals surface area contributed by atoms with E-state index < -0.39 is 12.1 Å².